The molecule has 0 aliphatic carbocycles. The SMILES string of the molecule is COc1cccc(NC(=O)COc2cc(C(F)(F)F)c3c(C)nn(-c4ccc(C)cc4)c3n2)c1. The van der Waals surface area contributed by atoms with Crippen LogP contribution in [0.25, 0.3) is 16.7 Å². The topological polar surface area (TPSA) is 78.3 Å². The maximum atomic E-state index is 13.9. The van der Waals surface area contributed by atoms with Crippen LogP contribution in [0.15, 0.2) is 54.6 Å². The number of pyridine rings is 1. The van der Waals surface area contributed by atoms with Crippen LogP contribution in [0, 0.1) is 13.8 Å². The lowest BCUT2D eigenvalue weighted by molar-refractivity contribution is -0.136. The lowest BCUT2D eigenvalue weighted by atomic mass is 10.1. The van der Waals surface area contributed by atoms with Gasteiger partial charge in [0.25, 0.3) is 5.91 Å². The van der Waals surface area contributed by atoms with Gasteiger partial charge in [-0.25, -0.2) is 4.68 Å². The molecule has 34 heavy (non-hydrogen) atoms. The predicted octanol–water partition coefficient (Wildman–Crippen LogP) is 5.08. The molecule has 1 N–H and O–H groups in total. The van der Waals surface area contributed by atoms with Crippen LogP contribution in [-0.2, 0) is 11.0 Å². The van der Waals surface area contributed by atoms with E-state index >= 15 is 0 Å². The summed E-state index contributed by atoms with van der Waals surface area (Å²) in [5.41, 5.74) is 1.23. The molecule has 0 saturated carbocycles. The third kappa shape index (κ3) is 4.80. The molecule has 0 fully saturated rings. The summed E-state index contributed by atoms with van der Waals surface area (Å²) in [6, 6.07) is 14.6. The van der Waals surface area contributed by atoms with Crippen LogP contribution in [0.1, 0.15) is 16.8 Å². The van der Waals surface area contributed by atoms with Gasteiger partial charge in [-0.3, -0.25) is 4.79 Å². The fourth-order valence-electron chi connectivity index (χ4n) is 3.47. The van der Waals surface area contributed by atoms with E-state index in [1.54, 1.807) is 36.4 Å². The van der Waals surface area contributed by atoms with E-state index in [-0.39, 0.29) is 22.6 Å². The van der Waals surface area contributed by atoms with Gasteiger partial charge < -0.3 is 14.8 Å². The number of carbonyl (C=O) groups is 1. The number of nitrogens with one attached hydrogen (secondary N) is 1. The smallest absolute Gasteiger partial charge is 0.417 e. The van der Waals surface area contributed by atoms with E-state index < -0.39 is 24.3 Å². The largest absolute Gasteiger partial charge is 0.497 e. The highest BCUT2D eigenvalue weighted by molar-refractivity contribution is 5.92. The number of fused-ring (bicyclic) bond motifs is 1. The minimum Gasteiger partial charge on any atom is -0.497 e. The third-order valence-electron chi connectivity index (χ3n) is 5.08. The van der Waals surface area contributed by atoms with Crippen molar-refractivity contribution in [2.24, 2.45) is 0 Å². The highest BCUT2D eigenvalue weighted by Gasteiger charge is 2.36. The van der Waals surface area contributed by atoms with Crippen molar-refractivity contribution in [3.8, 4) is 17.3 Å². The van der Waals surface area contributed by atoms with Crippen LogP contribution in [0.4, 0.5) is 18.9 Å². The average Bonchev–Trinajstić information content (AvgIpc) is 3.13. The molecule has 0 spiro atoms. The first-order chi connectivity index (χ1) is 16.2. The minimum atomic E-state index is -4.67. The van der Waals surface area contributed by atoms with Crippen LogP contribution in [0.5, 0.6) is 11.6 Å². The van der Waals surface area contributed by atoms with E-state index in [1.165, 1.54) is 18.7 Å². The number of methoxy groups -OCH3 is 1. The summed E-state index contributed by atoms with van der Waals surface area (Å²) in [5, 5.41) is 6.76. The summed E-state index contributed by atoms with van der Waals surface area (Å²) in [6.45, 7) is 2.86. The van der Waals surface area contributed by atoms with Crippen molar-refractivity contribution in [2.75, 3.05) is 19.0 Å². The number of benzene rings is 2. The van der Waals surface area contributed by atoms with Gasteiger partial charge in [0.05, 0.1) is 29.4 Å². The normalized spacial score (nSPS) is 11.5. The molecule has 0 aliphatic rings. The van der Waals surface area contributed by atoms with Gasteiger partial charge in [0, 0.05) is 17.8 Å². The van der Waals surface area contributed by atoms with E-state index in [0.717, 1.165) is 11.6 Å². The second-order valence-electron chi connectivity index (χ2n) is 7.61. The molecule has 176 valence electrons. The molecule has 0 saturated heterocycles. The summed E-state index contributed by atoms with van der Waals surface area (Å²) in [6.07, 6.45) is -4.67. The van der Waals surface area contributed by atoms with Crippen LogP contribution in [-0.4, -0.2) is 34.4 Å². The Balaban J connectivity index is 1.66. The molecule has 1 amide bonds. The van der Waals surface area contributed by atoms with Gasteiger partial charge in [-0.1, -0.05) is 23.8 Å². The number of hydrogen-bond donors (Lipinski definition) is 1. The lowest BCUT2D eigenvalue weighted by Gasteiger charge is -2.12. The molecule has 0 radical (unpaired) electrons. The molecule has 2 aromatic heterocycles. The summed E-state index contributed by atoms with van der Waals surface area (Å²) < 4.78 is 53.5. The number of aryl methyl sites for hydroxylation is 2. The third-order valence-corrected chi connectivity index (χ3v) is 5.08. The number of halogens is 3. The quantitative estimate of drug-likeness (QED) is 0.425. The first kappa shape index (κ1) is 23.1. The Kier molecular flexibility index (Phi) is 6.14. The van der Waals surface area contributed by atoms with Crippen LogP contribution in [0.3, 0.4) is 0 Å². The van der Waals surface area contributed by atoms with Gasteiger partial charge in [-0.05, 0) is 38.1 Å². The molecular weight excluding hydrogens is 449 g/mol. The summed E-state index contributed by atoms with van der Waals surface area (Å²) in [4.78, 5) is 16.6. The van der Waals surface area contributed by atoms with Gasteiger partial charge in [0.1, 0.15) is 5.75 Å². The van der Waals surface area contributed by atoms with Crippen molar-refractivity contribution in [2.45, 2.75) is 20.0 Å². The molecule has 0 bridgehead atoms. The van der Waals surface area contributed by atoms with Gasteiger partial charge in [-0.15, -0.1) is 0 Å². The Bertz CT molecular complexity index is 1350. The van der Waals surface area contributed by atoms with Crippen LogP contribution in [0.2, 0.25) is 0 Å². The Morgan fingerprint density at radius 1 is 1.09 bits per heavy atom. The van der Waals surface area contributed by atoms with Gasteiger partial charge >= 0.3 is 6.18 Å². The highest BCUT2D eigenvalue weighted by atomic mass is 19.4. The summed E-state index contributed by atoms with van der Waals surface area (Å²) in [5.74, 6) is -0.360. The van der Waals surface area contributed by atoms with Gasteiger partial charge in [0.15, 0.2) is 12.3 Å². The number of amides is 1. The molecule has 2 heterocycles. The number of alkyl halides is 3. The van der Waals surface area contributed by atoms with E-state index in [0.29, 0.717) is 17.1 Å². The molecule has 0 aliphatic heterocycles. The minimum absolute atomic E-state index is 0.0145. The summed E-state index contributed by atoms with van der Waals surface area (Å²) in [7, 11) is 1.49. The number of carbonyl (C=O) groups excluding carboxylic acids is 1. The highest BCUT2D eigenvalue weighted by Crippen LogP contribution is 2.38. The van der Waals surface area contributed by atoms with Crippen molar-refractivity contribution in [3.05, 3.63) is 71.4 Å². The maximum absolute atomic E-state index is 13.9. The van der Waals surface area contributed by atoms with Gasteiger partial charge in [0.2, 0.25) is 5.88 Å². The molecule has 7 nitrogen and oxygen atoms in total. The molecule has 10 heteroatoms. The predicted molar refractivity (Wildman–Crippen MR) is 120 cm³/mol. The van der Waals surface area contributed by atoms with Crippen molar-refractivity contribution in [3.63, 3.8) is 0 Å². The zero-order chi connectivity index (χ0) is 24.5. The van der Waals surface area contributed by atoms with Crippen molar-refractivity contribution >= 4 is 22.6 Å². The van der Waals surface area contributed by atoms with Crippen molar-refractivity contribution in [1.29, 1.82) is 0 Å². The fourth-order valence-corrected chi connectivity index (χ4v) is 3.47. The van der Waals surface area contributed by atoms with E-state index in [2.05, 4.69) is 15.4 Å². The number of rotatable bonds is 6. The molecule has 2 aromatic carbocycles. The van der Waals surface area contributed by atoms with Crippen molar-refractivity contribution < 1.29 is 27.4 Å². The maximum Gasteiger partial charge on any atom is 0.417 e. The Labute approximate surface area is 193 Å². The zero-order valence-electron chi connectivity index (χ0n) is 18.6. The Morgan fingerprint density at radius 3 is 2.50 bits per heavy atom. The first-order valence-corrected chi connectivity index (χ1v) is 10.3. The monoisotopic (exact) mass is 470 g/mol. The second-order valence-corrected chi connectivity index (χ2v) is 7.61. The first-order valence-electron chi connectivity index (χ1n) is 10.3. The fraction of sp³-hybridized carbons (Fsp3) is 0.208. The number of nitrogens with zero attached hydrogens (tertiary/aromatic N) is 3. The van der Waals surface area contributed by atoms with E-state index in [1.807, 2.05) is 19.1 Å². The zero-order valence-corrected chi connectivity index (χ0v) is 18.6. The number of aromatic nitrogens is 3. The second kappa shape index (κ2) is 9.05. The molecule has 4 rings (SSSR count). The van der Waals surface area contributed by atoms with Crippen LogP contribution < -0.4 is 14.8 Å². The average molecular weight is 470 g/mol. The van der Waals surface area contributed by atoms with Crippen LogP contribution >= 0.6 is 0 Å². The van der Waals surface area contributed by atoms with Crippen molar-refractivity contribution in [1.82, 2.24) is 14.8 Å². The number of ether oxygens (including phenoxy) is 2. The van der Waals surface area contributed by atoms with E-state index in [4.69, 9.17) is 9.47 Å². The molecule has 0 atom stereocenters. The molecular formula is C24H21F3N4O3. The summed E-state index contributed by atoms with van der Waals surface area (Å²) >= 11 is 0. The number of hydrogen-bond acceptors (Lipinski definition) is 5. The van der Waals surface area contributed by atoms with E-state index in [9.17, 15) is 18.0 Å². The molecule has 0 unspecified atom stereocenters. The standard InChI is InChI=1S/C24H21F3N4O3/c1-14-7-9-17(10-8-14)31-23-22(15(2)30-31)19(24(25,26)27)12-21(29-23)34-13-20(32)28-16-5-4-6-18(11-16)33-3/h4-12H,13H2,1-3H3,(H,28,32). The Hall–Kier alpha value is -4.08. The lowest BCUT2D eigenvalue weighted by Crippen LogP contribution is -2.21. The van der Waals surface area contributed by atoms with Gasteiger partial charge in [-0.2, -0.15) is 23.3 Å². The Morgan fingerprint density at radius 2 is 1.82 bits per heavy atom. The molecule has 4 aromatic rings. The number of anilines is 1.